The van der Waals surface area contributed by atoms with E-state index in [1.807, 2.05) is 0 Å². The summed E-state index contributed by atoms with van der Waals surface area (Å²) in [6, 6.07) is 0. The van der Waals surface area contributed by atoms with Gasteiger partial charge in [0.25, 0.3) is 0 Å². The highest BCUT2D eigenvalue weighted by Crippen LogP contribution is 2.12. The molecule has 0 aliphatic heterocycles. The van der Waals surface area contributed by atoms with E-state index in [-0.39, 0.29) is 0 Å². The molecule has 5 heteroatoms. The molecule has 0 aromatic heterocycles. The number of nitrogens with zero attached hydrogens (tertiary/aromatic N) is 1. The number of carbonyl (C=O) groups excluding carboxylic acids is 1. The monoisotopic (exact) mass is 233 g/mol. The van der Waals surface area contributed by atoms with E-state index in [2.05, 4.69) is 29.7 Å². The Labute approximate surface area is 96.1 Å². The van der Waals surface area contributed by atoms with Crippen LogP contribution in [0.25, 0.3) is 0 Å². The Morgan fingerprint density at radius 3 is 2.47 bits per heavy atom. The maximum absolute atomic E-state index is 10.9. The molecule has 1 unspecified atom stereocenters. The molecule has 0 bridgehead atoms. The molecule has 0 spiro atoms. The SMILES string of the molecule is CCCCCCCCC(S)C(=O)ON=O. The fourth-order valence-electron chi connectivity index (χ4n) is 1.33. The molecule has 0 saturated heterocycles. The first kappa shape index (κ1) is 14.4. The van der Waals surface area contributed by atoms with Crippen LogP contribution in [0.15, 0.2) is 5.34 Å². The highest BCUT2D eigenvalue weighted by molar-refractivity contribution is 7.81. The fraction of sp³-hybridized carbons (Fsp3) is 0.900. The molecular formula is C10H19NO3S. The number of rotatable bonds is 9. The molecule has 1 atom stereocenters. The van der Waals surface area contributed by atoms with E-state index in [9.17, 15) is 9.70 Å². The first-order valence-electron chi connectivity index (χ1n) is 5.44. The third-order valence-electron chi connectivity index (χ3n) is 2.23. The maximum Gasteiger partial charge on any atom is 0.351 e. The van der Waals surface area contributed by atoms with Crippen LogP contribution in [0.2, 0.25) is 0 Å². The highest BCUT2D eigenvalue weighted by Gasteiger charge is 2.15. The fourth-order valence-corrected chi connectivity index (χ4v) is 1.56. The summed E-state index contributed by atoms with van der Waals surface area (Å²) in [7, 11) is 0. The quantitative estimate of drug-likeness (QED) is 0.288. The van der Waals surface area contributed by atoms with Gasteiger partial charge in [0.15, 0.2) is 5.34 Å². The Balaban J connectivity index is 3.34. The van der Waals surface area contributed by atoms with Crippen LogP contribution in [-0.2, 0) is 9.63 Å². The van der Waals surface area contributed by atoms with Gasteiger partial charge in [0, 0.05) is 0 Å². The molecule has 0 saturated carbocycles. The van der Waals surface area contributed by atoms with E-state index in [4.69, 9.17) is 0 Å². The molecule has 0 aromatic rings. The van der Waals surface area contributed by atoms with Crippen molar-refractivity contribution in [2.75, 3.05) is 0 Å². The molecule has 0 rings (SSSR count). The van der Waals surface area contributed by atoms with E-state index < -0.39 is 11.2 Å². The molecule has 0 radical (unpaired) electrons. The summed E-state index contributed by atoms with van der Waals surface area (Å²) in [5, 5.41) is 1.56. The van der Waals surface area contributed by atoms with Crippen molar-refractivity contribution in [2.45, 2.75) is 57.1 Å². The lowest BCUT2D eigenvalue weighted by atomic mass is 10.1. The van der Waals surface area contributed by atoms with Crippen molar-refractivity contribution in [1.29, 1.82) is 0 Å². The summed E-state index contributed by atoms with van der Waals surface area (Å²) in [6.07, 6.45) is 7.60. The van der Waals surface area contributed by atoms with Crippen molar-refractivity contribution in [3.05, 3.63) is 4.91 Å². The number of hydrogen-bond donors (Lipinski definition) is 1. The zero-order valence-electron chi connectivity index (χ0n) is 9.15. The van der Waals surface area contributed by atoms with Crippen molar-refractivity contribution < 1.29 is 9.63 Å². The Morgan fingerprint density at radius 2 is 1.87 bits per heavy atom. The average molecular weight is 233 g/mol. The zero-order chi connectivity index (χ0) is 11.5. The molecular weight excluding hydrogens is 214 g/mol. The molecule has 0 heterocycles. The van der Waals surface area contributed by atoms with Crippen LogP contribution in [0.1, 0.15) is 51.9 Å². The minimum absolute atomic E-state index is 0.520. The number of unbranched alkanes of at least 4 members (excludes halogenated alkanes) is 5. The van der Waals surface area contributed by atoms with Gasteiger partial charge in [-0.15, -0.1) is 4.91 Å². The van der Waals surface area contributed by atoms with E-state index in [0.29, 0.717) is 6.42 Å². The standard InChI is InChI=1S/C10H19NO3S/c1-2-3-4-5-6-7-8-9(15)10(12)14-11-13/h9,15H,2-8H2,1H3. The molecule has 0 amide bonds. The van der Waals surface area contributed by atoms with Gasteiger partial charge in [-0.3, -0.25) is 4.84 Å². The maximum atomic E-state index is 10.9. The Morgan fingerprint density at radius 1 is 1.27 bits per heavy atom. The van der Waals surface area contributed by atoms with Gasteiger partial charge in [-0.1, -0.05) is 45.4 Å². The van der Waals surface area contributed by atoms with Crippen LogP contribution in [0.4, 0.5) is 0 Å². The lowest BCUT2D eigenvalue weighted by Crippen LogP contribution is -2.15. The second-order valence-corrected chi connectivity index (χ2v) is 4.18. The predicted molar refractivity (Wildman–Crippen MR) is 62.7 cm³/mol. The summed E-state index contributed by atoms with van der Waals surface area (Å²) < 4.78 is 0. The second-order valence-electron chi connectivity index (χ2n) is 3.56. The van der Waals surface area contributed by atoms with Gasteiger partial charge in [-0.2, -0.15) is 12.6 Å². The lowest BCUT2D eigenvalue weighted by Gasteiger charge is -2.05. The molecule has 0 aromatic carbocycles. The van der Waals surface area contributed by atoms with Crippen LogP contribution in [0.5, 0.6) is 0 Å². The van der Waals surface area contributed by atoms with Crippen molar-refractivity contribution >= 4 is 18.6 Å². The van der Waals surface area contributed by atoms with E-state index >= 15 is 0 Å². The Bertz CT molecular complexity index is 188. The summed E-state index contributed by atoms with van der Waals surface area (Å²) >= 11 is 4.03. The van der Waals surface area contributed by atoms with Crippen LogP contribution in [0.3, 0.4) is 0 Å². The summed E-state index contributed by atoms with van der Waals surface area (Å²) in [4.78, 5) is 24.5. The van der Waals surface area contributed by atoms with Crippen LogP contribution < -0.4 is 0 Å². The molecule has 0 fully saturated rings. The van der Waals surface area contributed by atoms with E-state index in [0.717, 1.165) is 12.8 Å². The first-order chi connectivity index (χ1) is 7.22. The largest absolute Gasteiger partial charge is 0.351 e. The summed E-state index contributed by atoms with van der Waals surface area (Å²) in [5.74, 6) is -0.651. The topological polar surface area (TPSA) is 55.7 Å². The lowest BCUT2D eigenvalue weighted by molar-refractivity contribution is -0.143. The van der Waals surface area contributed by atoms with E-state index in [1.165, 1.54) is 25.7 Å². The van der Waals surface area contributed by atoms with Gasteiger partial charge < -0.3 is 0 Å². The molecule has 0 aliphatic carbocycles. The summed E-state index contributed by atoms with van der Waals surface area (Å²) in [5.41, 5.74) is 0. The van der Waals surface area contributed by atoms with Gasteiger partial charge in [-0.25, -0.2) is 4.79 Å². The minimum atomic E-state index is -0.651. The number of hydrogen-bond acceptors (Lipinski definition) is 5. The minimum Gasteiger partial charge on any atom is -0.283 e. The van der Waals surface area contributed by atoms with Gasteiger partial charge in [0.2, 0.25) is 0 Å². The Hall–Kier alpha value is -0.580. The first-order valence-corrected chi connectivity index (χ1v) is 5.95. The van der Waals surface area contributed by atoms with E-state index in [1.54, 1.807) is 0 Å². The second kappa shape index (κ2) is 9.96. The molecule has 88 valence electrons. The molecule has 15 heavy (non-hydrogen) atoms. The van der Waals surface area contributed by atoms with Crippen LogP contribution >= 0.6 is 12.6 Å². The van der Waals surface area contributed by atoms with Crippen LogP contribution in [0, 0.1) is 4.91 Å². The van der Waals surface area contributed by atoms with Crippen molar-refractivity contribution in [3.63, 3.8) is 0 Å². The van der Waals surface area contributed by atoms with Gasteiger partial charge in [0.05, 0.1) is 0 Å². The smallest absolute Gasteiger partial charge is 0.283 e. The number of carbonyl (C=O) groups is 1. The van der Waals surface area contributed by atoms with Gasteiger partial charge >= 0.3 is 5.97 Å². The highest BCUT2D eigenvalue weighted by atomic mass is 32.1. The van der Waals surface area contributed by atoms with Gasteiger partial charge in [0.1, 0.15) is 5.25 Å². The Kier molecular flexibility index (Phi) is 9.57. The average Bonchev–Trinajstić information content (AvgIpc) is 2.23. The van der Waals surface area contributed by atoms with Crippen molar-refractivity contribution in [3.8, 4) is 0 Å². The third kappa shape index (κ3) is 8.42. The van der Waals surface area contributed by atoms with Gasteiger partial charge in [-0.05, 0) is 6.42 Å². The molecule has 0 N–H and O–H groups in total. The normalized spacial score (nSPS) is 12.1. The van der Waals surface area contributed by atoms with Crippen molar-refractivity contribution in [2.24, 2.45) is 5.34 Å². The zero-order valence-corrected chi connectivity index (χ0v) is 10.0. The summed E-state index contributed by atoms with van der Waals surface area (Å²) in [6.45, 7) is 2.17. The third-order valence-corrected chi connectivity index (χ3v) is 2.70. The molecule has 4 nitrogen and oxygen atoms in total. The van der Waals surface area contributed by atoms with Crippen LogP contribution in [-0.4, -0.2) is 11.2 Å². The molecule has 0 aliphatic rings. The van der Waals surface area contributed by atoms with Crippen molar-refractivity contribution in [1.82, 2.24) is 0 Å². The predicted octanol–water partition coefficient (Wildman–Crippen LogP) is 3.26. The number of thiol groups is 1.